The number of benzene rings is 1. The molecule has 1 heterocycles. The molecule has 1 aromatic rings. The number of phenolic OH excluding ortho intramolecular Hbond substituents is 1. The lowest BCUT2D eigenvalue weighted by molar-refractivity contribution is -0.127. The third-order valence-electron chi connectivity index (χ3n) is 5.05. The number of amides is 1. The molecular formula is C18H26N2O2. The summed E-state index contributed by atoms with van der Waals surface area (Å²) in [4.78, 5) is 14.6. The van der Waals surface area contributed by atoms with Crippen molar-refractivity contribution in [1.29, 1.82) is 0 Å². The molecule has 1 saturated heterocycles. The van der Waals surface area contributed by atoms with Crippen LogP contribution in [-0.2, 0) is 11.3 Å². The molecule has 1 aromatic carbocycles. The first kappa shape index (κ1) is 15.3. The standard InChI is InChI=1S/C18H26N2O2/c21-17-8-4-1-5-15(17)13-20-11-9-14(10-12-20)18(22)19-16-6-2-3-7-16/h1,4-5,8,14,16,21H,2-3,6-7,9-13H2,(H,19,22). The summed E-state index contributed by atoms with van der Waals surface area (Å²) in [7, 11) is 0. The van der Waals surface area contributed by atoms with Gasteiger partial charge in [-0.2, -0.15) is 0 Å². The number of phenols is 1. The summed E-state index contributed by atoms with van der Waals surface area (Å²) >= 11 is 0. The van der Waals surface area contributed by atoms with Crippen LogP contribution in [0.2, 0.25) is 0 Å². The summed E-state index contributed by atoms with van der Waals surface area (Å²) in [6, 6.07) is 7.92. The van der Waals surface area contributed by atoms with Gasteiger partial charge in [0.05, 0.1) is 0 Å². The Balaban J connectivity index is 1.45. The van der Waals surface area contributed by atoms with Crippen LogP contribution in [0.1, 0.15) is 44.1 Å². The lowest BCUT2D eigenvalue weighted by Crippen LogP contribution is -2.42. The maximum Gasteiger partial charge on any atom is 0.223 e. The zero-order chi connectivity index (χ0) is 15.4. The molecule has 0 atom stereocenters. The van der Waals surface area contributed by atoms with E-state index in [4.69, 9.17) is 0 Å². The fraction of sp³-hybridized carbons (Fsp3) is 0.611. The number of carbonyl (C=O) groups is 1. The minimum Gasteiger partial charge on any atom is -0.508 e. The highest BCUT2D eigenvalue weighted by molar-refractivity contribution is 5.79. The number of nitrogens with one attached hydrogen (secondary N) is 1. The molecule has 2 N–H and O–H groups in total. The van der Waals surface area contributed by atoms with Crippen molar-refractivity contribution in [2.75, 3.05) is 13.1 Å². The Morgan fingerprint density at radius 2 is 1.82 bits per heavy atom. The molecule has 0 radical (unpaired) electrons. The molecule has 0 bridgehead atoms. The average molecular weight is 302 g/mol. The number of piperidine rings is 1. The maximum atomic E-state index is 12.3. The smallest absolute Gasteiger partial charge is 0.223 e. The molecule has 22 heavy (non-hydrogen) atoms. The van der Waals surface area contributed by atoms with Crippen LogP contribution in [0.3, 0.4) is 0 Å². The fourth-order valence-corrected chi connectivity index (χ4v) is 3.63. The van der Waals surface area contributed by atoms with E-state index in [1.165, 1.54) is 12.8 Å². The van der Waals surface area contributed by atoms with Gasteiger partial charge in [-0.3, -0.25) is 9.69 Å². The van der Waals surface area contributed by atoms with Gasteiger partial charge in [-0.1, -0.05) is 31.0 Å². The van der Waals surface area contributed by atoms with Crippen molar-refractivity contribution in [3.8, 4) is 5.75 Å². The third kappa shape index (κ3) is 3.80. The van der Waals surface area contributed by atoms with Crippen LogP contribution >= 0.6 is 0 Å². The van der Waals surface area contributed by atoms with Gasteiger partial charge in [-0.15, -0.1) is 0 Å². The number of para-hydroxylation sites is 1. The van der Waals surface area contributed by atoms with Crippen LogP contribution in [0.5, 0.6) is 5.75 Å². The summed E-state index contributed by atoms with van der Waals surface area (Å²) in [6.45, 7) is 2.62. The normalized spacial score (nSPS) is 21.1. The molecule has 1 amide bonds. The van der Waals surface area contributed by atoms with Gasteiger partial charge in [0.1, 0.15) is 5.75 Å². The second kappa shape index (κ2) is 7.14. The molecule has 2 fully saturated rings. The van der Waals surface area contributed by atoms with Gasteiger partial charge in [0.2, 0.25) is 5.91 Å². The molecule has 4 heteroatoms. The van der Waals surface area contributed by atoms with Crippen LogP contribution in [0.4, 0.5) is 0 Å². The predicted molar refractivity (Wildman–Crippen MR) is 86.5 cm³/mol. The van der Waals surface area contributed by atoms with Gasteiger partial charge >= 0.3 is 0 Å². The molecule has 1 aliphatic heterocycles. The molecular weight excluding hydrogens is 276 g/mol. The Morgan fingerprint density at radius 3 is 2.50 bits per heavy atom. The quantitative estimate of drug-likeness (QED) is 0.899. The summed E-state index contributed by atoms with van der Waals surface area (Å²) in [6.07, 6.45) is 6.65. The Morgan fingerprint density at radius 1 is 1.14 bits per heavy atom. The largest absolute Gasteiger partial charge is 0.508 e. The van der Waals surface area contributed by atoms with Crippen molar-refractivity contribution in [1.82, 2.24) is 10.2 Å². The summed E-state index contributed by atoms with van der Waals surface area (Å²) < 4.78 is 0. The monoisotopic (exact) mass is 302 g/mol. The number of hydrogen-bond acceptors (Lipinski definition) is 3. The lowest BCUT2D eigenvalue weighted by Gasteiger charge is -2.32. The zero-order valence-electron chi connectivity index (χ0n) is 13.1. The highest BCUT2D eigenvalue weighted by Gasteiger charge is 2.27. The van der Waals surface area contributed by atoms with E-state index in [0.717, 1.165) is 50.9 Å². The summed E-state index contributed by atoms with van der Waals surface area (Å²) in [5.74, 6) is 0.791. The number of carbonyl (C=O) groups excluding carboxylic acids is 1. The number of rotatable bonds is 4. The number of aromatic hydroxyl groups is 1. The molecule has 0 unspecified atom stereocenters. The fourth-order valence-electron chi connectivity index (χ4n) is 3.63. The molecule has 120 valence electrons. The molecule has 4 nitrogen and oxygen atoms in total. The average Bonchev–Trinajstić information content (AvgIpc) is 3.03. The van der Waals surface area contributed by atoms with Crippen LogP contribution in [-0.4, -0.2) is 35.0 Å². The van der Waals surface area contributed by atoms with E-state index in [1.807, 2.05) is 18.2 Å². The summed E-state index contributed by atoms with van der Waals surface area (Å²) in [5.41, 5.74) is 0.969. The van der Waals surface area contributed by atoms with Crippen molar-refractivity contribution in [3.05, 3.63) is 29.8 Å². The predicted octanol–water partition coefficient (Wildman–Crippen LogP) is 2.66. The molecule has 1 saturated carbocycles. The molecule has 0 spiro atoms. The zero-order valence-corrected chi connectivity index (χ0v) is 13.1. The topological polar surface area (TPSA) is 52.6 Å². The van der Waals surface area contributed by atoms with Crippen LogP contribution in [0, 0.1) is 5.92 Å². The van der Waals surface area contributed by atoms with E-state index < -0.39 is 0 Å². The minimum absolute atomic E-state index is 0.168. The van der Waals surface area contributed by atoms with Gasteiger partial charge in [0.25, 0.3) is 0 Å². The van der Waals surface area contributed by atoms with E-state index in [9.17, 15) is 9.90 Å². The number of nitrogens with zero attached hydrogens (tertiary/aromatic N) is 1. The van der Waals surface area contributed by atoms with Crippen LogP contribution in [0.25, 0.3) is 0 Å². The molecule has 3 rings (SSSR count). The molecule has 1 aliphatic carbocycles. The number of likely N-dealkylation sites (tertiary alicyclic amines) is 1. The Kier molecular flexibility index (Phi) is 4.98. The third-order valence-corrected chi connectivity index (χ3v) is 5.05. The first-order valence-corrected chi connectivity index (χ1v) is 8.52. The highest BCUT2D eigenvalue weighted by Crippen LogP contribution is 2.24. The Bertz CT molecular complexity index is 504. The van der Waals surface area contributed by atoms with E-state index in [0.29, 0.717) is 11.8 Å². The first-order valence-electron chi connectivity index (χ1n) is 8.52. The maximum absolute atomic E-state index is 12.3. The van der Waals surface area contributed by atoms with E-state index in [2.05, 4.69) is 10.2 Å². The lowest BCUT2D eigenvalue weighted by atomic mass is 9.95. The van der Waals surface area contributed by atoms with Crippen LogP contribution < -0.4 is 5.32 Å². The number of hydrogen-bond donors (Lipinski definition) is 2. The SMILES string of the molecule is O=C(NC1CCCC1)C1CCN(Cc2ccccc2O)CC1. The van der Waals surface area contributed by atoms with Gasteiger partial charge in [-0.25, -0.2) is 0 Å². The molecule has 0 aromatic heterocycles. The van der Waals surface area contributed by atoms with Gasteiger partial charge < -0.3 is 10.4 Å². The Labute approximate surface area is 132 Å². The van der Waals surface area contributed by atoms with Gasteiger partial charge in [0, 0.05) is 24.1 Å². The first-order chi connectivity index (χ1) is 10.7. The van der Waals surface area contributed by atoms with E-state index in [-0.39, 0.29) is 11.8 Å². The van der Waals surface area contributed by atoms with Crippen molar-refractivity contribution in [2.24, 2.45) is 5.92 Å². The van der Waals surface area contributed by atoms with Crippen molar-refractivity contribution in [2.45, 2.75) is 51.1 Å². The highest BCUT2D eigenvalue weighted by atomic mass is 16.3. The van der Waals surface area contributed by atoms with Crippen molar-refractivity contribution < 1.29 is 9.90 Å². The second-order valence-electron chi connectivity index (χ2n) is 6.67. The molecule has 2 aliphatic rings. The van der Waals surface area contributed by atoms with E-state index in [1.54, 1.807) is 6.07 Å². The van der Waals surface area contributed by atoms with Crippen molar-refractivity contribution >= 4 is 5.91 Å². The second-order valence-corrected chi connectivity index (χ2v) is 6.67. The van der Waals surface area contributed by atoms with E-state index >= 15 is 0 Å². The summed E-state index contributed by atoms with van der Waals surface area (Å²) in [5, 5.41) is 13.1. The van der Waals surface area contributed by atoms with Gasteiger partial charge in [-0.05, 0) is 44.8 Å². The Hall–Kier alpha value is -1.55. The van der Waals surface area contributed by atoms with Crippen molar-refractivity contribution in [3.63, 3.8) is 0 Å². The van der Waals surface area contributed by atoms with Crippen LogP contribution in [0.15, 0.2) is 24.3 Å². The van der Waals surface area contributed by atoms with Gasteiger partial charge in [0.15, 0.2) is 0 Å². The minimum atomic E-state index is 0.168.